The summed E-state index contributed by atoms with van der Waals surface area (Å²) >= 11 is 1.46. The lowest BCUT2D eigenvalue weighted by Gasteiger charge is -2.27. The van der Waals surface area contributed by atoms with E-state index >= 15 is 0 Å². The molecular weight excluding hydrogens is 357 g/mol. The SMILES string of the molecule is O[P@](I)C(O)(Cn1ccnc1)[P+](O)(O)O. The summed E-state index contributed by atoms with van der Waals surface area (Å²) in [5.41, 5.74) is 0. The summed E-state index contributed by atoms with van der Waals surface area (Å²) in [5.74, 6) is -2.16. The highest BCUT2D eigenvalue weighted by Gasteiger charge is 2.63. The van der Waals surface area contributed by atoms with Crippen LogP contribution >= 0.6 is 35.8 Å². The van der Waals surface area contributed by atoms with Crippen molar-refractivity contribution in [1.29, 1.82) is 0 Å². The second-order valence-corrected chi connectivity index (χ2v) is 9.07. The van der Waals surface area contributed by atoms with Crippen molar-refractivity contribution in [3.63, 3.8) is 0 Å². The summed E-state index contributed by atoms with van der Waals surface area (Å²) < 4.78 is 1.33. The van der Waals surface area contributed by atoms with Gasteiger partial charge in [-0.1, -0.05) is 0 Å². The van der Waals surface area contributed by atoms with Gasteiger partial charge in [-0.25, -0.2) is 4.98 Å². The molecule has 7 nitrogen and oxygen atoms in total. The van der Waals surface area contributed by atoms with Gasteiger partial charge in [-0.2, -0.15) is 14.7 Å². The number of hydrogen-bond acceptors (Lipinski definition) is 6. The molecule has 0 radical (unpaired) electrons. The quantitative estimate of drug-likeness (QED) is 0.378. The lowest BCUT2D eigenvalue weighted by Crippen LogP contribution is -2.33. The van der Waals surface area contributed by atoms with Crippen LogP contribution in [0.25, 0.3) is 0 Å². The Labute approximate surface area is 100 Å². The van der Waals surface area contributed by atoms with E-state index in [1.165, 1.54) is 45.3 Å². The average molecular weight is 367 g/mol. The standard InChI is InChI=1S/C5H10IN2O5P2/c6-14(10)5(9,15(11,12)13)3-8-2-1-7-4-8/h1-2,4,9-13H,3H2/q+1/t5?,14-/m0/s1. The van der Waals surface area contributed by atoms with E-state index in [1.807, 2.05) is 0 Å². The van der Waals surface area contributed by atoms with E-state index in [0.717, 1.165) is 0 Å². The summed E-state index contributed by atoms with van der Waals surface area (Å²) in [5, 5.41) is 7.49. The first-order chi connectivity index (χ1) is 6.77. The fourth-order valence-corrected chi connectivity index (χ4v) is 5.47. The Kier molecular flexibility index (Phi) is 4.42. The highest BCUT2D eigenvalue weighted by atomic mass is 127. The fraction of sp³-hybridized carbons (Fsp3) is 0.400. The van der Waals surface area contributed by atoms with E-state index in [-0.39, 0.29) is 6.54 Å². The zero-order valence-corrected chi connectivity index (χ0v) is 11.3. The highest BCUT2D eigenvalue weighted by Crippen LogP contribution is 2.73. The molecular formula is C5H10IN2O5P2+. The summed E-state index contributed by atoms with van der Waals surface area (Å²) in [6.45, 7) is -0.338. The van der Waals surface area contributed by atoms with E-state index in [4.69, 9.17) is 14.7 Å². The molecule has 0 aromatic carbocycles. The molecule has 15 heavy (non-hydrogen) atoms. The predicted molar refractivity (Wildman–Crippen MR) is 63.9 cm³/mol. The van der Waals surface area contributed by atoms with Crippen molar-refractivity contribution in [3.05, 3.63) is 18.7 Å². The van der Waals surface area contributed by atoms with Gasteiger partial charge in [0.05, 0.1) is 6.33 Å². The zero-order valence-electron chi connectivity index (χ0n) is 7.34. The van der Waals surface area contributed by atoms with Crippen molar-refractivity contribution in [2.45, 2.75) is 11.6 Å². The Balaban J connectivity index is 2.93. The Morgan fingerprint density at radius 3 is 2.40 bits per heavy atom. The van der Waals surface area contributed by atoms with Crippen molar-refractivity contribution in [2.75, 3.05) is 0 Å². The normalized spacial score (nSPS) is 18.5. The maximum Gasteiger partial charge on any atom is 0.447 e. The molecule has 0 saturated heterocycles. The monoisotopic (exact) mass is 367 g/mol. The Morgan fingerprint density at radius 1 is 1.47 bits per heavy atom. The molecule has 0 spiro atoms. The lowest BCUT2D eigenvalue weighted by atomic mass is 10.6. The van der Waals surface area contributed by atoms with Gasteiger partial charge in [0.15, 0.2) is 5.79 Å². The molecule has 0 aliphatic carbocycles. The molecule has 2 atom stereocenters. The second-order valence-electron chi connectivity index (χ2n) is 2.84. The van der Waals surface area contributed by atoms with Crippen LogP contribution < -0.4 is 0 Å². The van der Waals surface area contributed by atoms with Crippen molar-refractivity contribution in [1.82, 2.24) is 9.55 Å². The molecule has 10 heteroatoms. The predicted octanol–water partition coefficient (Wildman–Crippen LogP) is 0.00790. The van der Waals surface area contributed by atoms with Crippen molar-refractivity contribution < 1.29 is 24.7 Å². The Morgan fingerprint density at radius 2 is 2.07 bits per heavy atom. The summed E-state index contributed by atoms with van der Waals surface area (Å²) in [6.07, 6.45) is 4.23. The van der Waals surface area contributed by atoms with Gasteiger partial charge in [0.2, 0.25) is 0 Å². The third kappa shape index (κ3) is 3.04. The highest BCUT2D eigenvalue weighted by molar-refractivity contribution is 14.2. The maximum absolute atomic E-state index is 9.82. The van der Waals surface area contributed by atoms with E-state index in [2.05, 4.69) is 4.98 Å². The molecule has 0 saturated carbocycles. The second kappa shape index (κ2) is 4.85. The minimum atomic E-state index is -4.56. The van der Waals surface area contributed by atoms with Crippen LogP contribution in [0.3, 0.4) is 0 Å². The van der Waals surface area contributed by atoms with E-state index < -0.39 is 18.8 Å². The van der Waals surface area contributed by atoms with Crippen LogP contribution in [0.5, 0.6) is 0 Å². The molecule has 5 N–H and O–H groups in total. The molecule has 86 valence electrons. The summed E-state index contributed by atoms with van der Waals surface area (Å²) in [6, 6.07) is 0. The van der Waals surface area contributed by atoms with Crippen LogP contribution in [0.15, 0.2) is 18.7 Å². The molecule has 0 amide bonds. The average Bonchev–Trinajstić information content (AvgIpc) is 2.54. The van der Waals surface area contributed by atoms with E-state index in [0.29, 0.717) is 0 Å². The van der Waals surface area contributed by atoms with Gasteiger partial charge < -0.3 is 14.6 Å². The minimum Gasteiger partial charge on any atom is -0.358 e. The molecule has 1 unspecified atom stereocenters. The number of imidazole rings is 1. The molecule has 0 aliphatic heterocycles. The smallest absolute Gasteiger partial charge is 0.358 e. The molecule has 1 rings (SSSR count). The number of rotatable bonds is 4. The number of halogens is 1. The molecule has 1 heterocycles. The fourth-order valence-electron chi connectivity index (χ4n) is 0.889. The summed E-state index contributed by atoms with van der Waals surface area (Å²) in [4.78, 5) is 40.3. The van der Waals surface area contributed by atoms with E-state index in [1.54, 1.807) is 0 Å². The number of hydrogen-bond donors (Lipinski definition) is 5. The van der Waals surface area contributed by atoms with Crippen LogP contribution in [-0.2, 0) is 6.54 Å². The third-order valence-corrected chi connectivity index (χ3v) is 8.48. The Bertz CT molecular complexity index is 316. The molecule has 1 aromatic rings. The van der Waals surface area contributed by atoms with E-state index in [9.17, 15) is 10.00 Å². The van der Waals surface area contributed by atoms with Gasteiger partial charge in [0.25, 0.3) is 0 Å². The molecule has 0 fully saturated rings. The van der Waals surface area contributed by atoms with Crippen molar-refractivity contribution >= 4 is 35.8 Å². The molecule has 1 aromatic heterocycles. The Hall–Kier alpha value is 0.600. The summed E-state index contributed by atoms with van der Waals surface area (Å²) in [7, 11) is -4.56. The van der Waals surface area contributed by atoms with Gasteiger partial charge in [-0.05, 0) is 22.0 Å². The molecule has 0 aliphatic rings. The largest absolute Gasteiger partial charge is 0.447 e. The van der Waals surface area contributed by atoms with Crippen molar-refractivity contribution in [2.24, 2.45) is 0 Å². The molecule has 0 bridgehead atoms. The number of aliphatic hydroxyl groups is 1. The third-order valence-electron chi connectivity index (χ3n) is 1.73. The van der Waals surface area contributed by atoms with Gasteiger partial charge in [0, 0.05) is 12.4 Å². The van der Waals surface area contributed by atoms with Crippen LogP contribution in [0.4, 0.5) is 0 Å². The number of aromatic nitrogens is 2. The zero-order chi connectivity index (χ0) is 11.7. The van der Waals surface area contributed by atoms with Crippen LogP contribution in [0.2, 0.25) is 0 Å². The number of nitrogens with zero attached hydrogens (tertiary/aromatic N) is 2. The van der Waals surface area contributed by atoms with Gasteiger partial charge in [-0.3, -0.25) is 0 Å². The van der Waals surface area contributed by atoms with Gasteiger partial charge >= 0.3 is 13.0 Å². The van der Waals surface area contributed by atoms with Crippen LogP contribution in [-0.4, -0.2) is 39.3 Å². The van der Waals surface area contributed by atoms with Crippen LogP contribution in [0, 0.1) is 0 Å². The first-order valence-electron chi connectivity index (χ1n) is 3.68. The van der Waals surface area contributed by atoms with Gasteiger partial charge in [0.1, 0.15) is 6.54 Å². The first-order valence-corrected chi connectivity index (χ1v) is 9.40. The maximum atomic E-state index is 9.82. The van der Waals surface area contributed by atoms with Crippen molar-refractivity contribution in [3.8, 4) is 0 Å². The lowest BCUT2D eigenvalue weighted by molar-refractivity contribution is 0.129. The topological polar surface area (TPSA) is 119 Å². The first kappa shape index (κ1) is 13.7. The van der Waals surface area contributed by atoms with Gasteiger partial charge in [-0.15, -0.1) is 0 Å². The minimum absolute atomic E-state index is 0.338. The van der Waals surface area contributed by atoms with Crippen LogP contribution in [0.1, 0.15) is 0 Å².